The Morgan fingerprint density at radius 3 is 2.53 bits per heavy atom. The summed E-state index contributed by atoms with van der Waals surface area (Å²) in [7, 11) is 0. The molecule has 1 fully saturated rings. The molecule has 1 heterocycles. The molecule has 2 nitrogen and oxygen atoms in total. The average molecular weight is 260 g/mol. The van der Waals surface area contributed by atoms with Crippen LogP contribution in [0.1, 0.15) is 47.5 Å². The van der Waals surface area contributed by atoms with E-state index in [0.717, 1.165) is 19.5 Å². The van der Waals surface area contributed by atoms with Crippen molar-refractivity contribution in [3.8, 4) is 0 Å². The first-order chi connectivity index (χ1) is 7.71. The summed E-state index contributed by atoms with van der Waals surface area (Å²) in [4.78, 5) is 14.2. The fourth-order valence-electron chi connectivity index (χ4n) is 2.04. The van der Waals surface area contributed by atoms with Crippen molar-refractivity contribution in [1.82, 2.24) is 4.90 Å². The molecule has 1 amide bonds. The summed E-state index contributed by atoms with van der Waals surface area (Å²) in [5, 5.41) is 0.235. The molecule has 0 spiro atoms. The van der Waals surface area contributed by atoms with Gasteiger partial charge >= 0.3 is 0 Å². The topological polar surface area (TPSA) is 20.3 Å². The fraction of sp³-hybridized carbons (Fsp3) is 0.929. The number of hydrogen-bond donors (Lipinski definition) is 0. The van der Waals surface area contributed by atoms with Crippen LogP contribution in [-0.4, -0.2) is 29.3 Å². The lowest BCUT2D eigenvalue weighted by atomic mass is 9.80. The molecule has 17 heavy (non-hydrogen) atoms. The summed E-state index contributed by atoms with van der Waals surface area (Å²) < 4.78 is 0. The summed E-state index contributed by atoms with van der Waals surface area (Å²) in [6, 6.07) is 0. The minimum absolute atomic E-state index is 0.200. The van der Waals surface area contributed by atoms with E-state index in [0.29, 0.717) is 24.2 Å². The Kier molecular flexibility index (Phi) is 4.88. The van der Waals surface area contributed by atoms with Crippen molar-refractivity contribution in [2.24, 2.45) is 17.3 Å². The van der Waals surface area contributed by atoms with Crippen LogP contribution in [0, 0.1) is 17.3 Å². The van der Waals surface area contributed by atoms with E-state index in [-0.39, 0.29) is 10.8 Å². The first-order valence-corrected chi connectivity index (χ1v) is 7.07. The van der Waals surface area contributed by atoms with Gasteiger partial charge in [0, 0.05) is 24.9 Å². The average Bonchev–Trinajstić information content (AvgIpc) is 2.20. The Morgan fingerprint density at radius 1 is 1.47 bits per heavy atom. The second-order valence-corrected chi connectivity index (χ2v) is 7.15. The quantitative estimate of drug-likeness (QED) is 0.695. The molecule has 0 bridgehead atoms. The minimum Gasteiger partial charge on any atom is -0.342 e. The number of piperidine rings is 1. The zero-order valence-electron chi connectivity index (χ0n) is 11.8. The molecule has 0 aliphatic carbocycles. The van der Waals surface area contributed by atoms with Crippen LogP contribution >= 0.6 is 11.6 Å². The lowest BCUT2D eigenvalue weighted by molar-refractivity contribution is -0.134. The predicted octanol–water partition coefficient (Wildman–Crippen LogP) is 3.53. The molecule has 0 saturated carbocycles. The number of carbonyl (C=O) groups is 1. The van der Waals surface area contributed by atoms with E-state index in [9.17, 15) is 4.79 Å². The van der Waals surface area contributed by atoms with Gasteiger partial charge in [-0.2, -0.15) is 0 Å². The third-order valence-electron chi connectivity index (χ3n) is 4.11. The molecule has 100 valence electrons. The van der Waals surface area contributed by atoms with Crippen molar-refractivity contribution < 1.29 is 4.79 Å². The SMILES string of the molecule is CC1CN(C(=O)CC(C)C(C)(C)C)CCC1Cl. The molecule has 0 aromatic rings. The van der Waals surface area contributed by atoms with Crippen LogP contribution in [0.4, 0.5) is 0 Å². The monoisotopic (exact) mass is 259 g/mol. The second-order valence-electron chi connectivity index (χ2n) is 6.59. The molecule has 3 unspecified atom stereocenters. The Labute approximate surface area is 111 Å². The number of halogens is 1. The lowest BCUT2D eigenvalue weighted by Crippen LogP contribution is -2.44. The fourth-order valence-corrected chi connectivity index (χ4v) is 2.22. The number of rotatable bonds is 2. The highest BCUT2D eigenvalue weighted by Gasteiger charge is 2.29. The van der Waals surface area contributed by atoms with E-state index in [4.69, 9.17) is 11.6 Å². The van der Waals surface area contributed by atoms with Gasteiger partial charge in [-0.25, -0.2) is 0 Å². The molecule has 0 aromatic heterocycles. The smallest absolute Gasteiger partial charge is 0.222 e. The summed E-state index contributed by atoms with van der Waals surface area (Å²) in [6.07, 6.45) is 1.58. The van der Waals surface area contributed by atoms with Crippen molar-refractivity contribution in [1.29, 1.82) is 0 Å². The zero-order valence-corrected chi connectivity index (χ0v) is 12.5. The van der Waals surface area contributed by atoms with Crippen molar-refractivity contribution in [2.45, 2.75) is 52.8 Å². The van der Waals surface area contributed by atoms with Gasteiger partial charge in [0.1, 0.15) is 0 Å². The largest absolute Gasteiger partial charge is 0.342 e. The van der Waals surface area contributed by atoms with Gasteiger partial charge in [-0.15, -0.1) is 11.6 Å². The van der Waals surface area contributed by atoms with Crippen molar-refractivity contribution in [3.63, 3.8) is 0 Å². The summed E-state index contributed by atoms with van der Waals surface area (Å²) in [5.41, 5.74) is 0.200. The second kappa shape index (κ2) is 5.60. The predicted molar refractivity (Wildman–Crippen MR) is 73.2 cm³/mol. The Hall–Kier alpha value is -0.240. The van der Waals surface area contributed by atoms with Crippen molar-refractivity contribution in [3.05, 3.63) is 0 Å². The number of carbonyl (C=O) groups excluding carboxylic acids is 1. The number of hydrogen-bond acceptors (Lipinski definition) is 1. The molecule has 0 N–H and O–H groups in total. The van der Waals surface area contributed by atoms with Crippen molar-refractivity contribution in [2.75, 3.05) is 13.1 Å². The van der Waals surface area contributed by atoms with Gasteiger partial charge in [0.05, 0.1) is 0 Å². The van der Waals surface area contributed by atoms with Gasteiger partial charge < -0.3 is 4.90 Å². The van der Waals surface area contributed by atoms with Gasteiger partial charge in [0.25, 0.3) is 0 Å². The van der Waals surface area contributed by atoms with Crippen LogP contribution in [0.3, 0.4) is 0 Å². The number of alkyl halides is 1. The molecule has 0 aromatic carbocycles. The van der Waals surface area contributed by atoms with E-state index in [1.54, 1.807) is 0 Å². The summed E-state index contributed by atoms with van der Waals surface area (Å²) >= 11 is 6.18. The highest BCUT2D eigenvalue weighted by molar-refractivity contribution is 6.20. The van der Waals surface area contributed by atoms with Crippen LogP contribution in [0.15, 0.2) is 0 Å². The van der Waals surface area contributed by atoms with Crippen LogP contribution in [-0.2, 0) is 4.79 Å². The molecule has 1 aliphatic rings. The van der Waals surface area contributed by atoms with Gasteiger partial charge in [0.2, 0.25) is 5.91 Å². The maximum atomic E-state index is 12.2. The number of likely N-dealkylation sites (tertiary alicyclic amines) is 1. The van der Waals surface area contributed by atoms with Crippen molar-refractivity contribution >= 4 is 17.5 Å². The first kappa shape index (κ1) is 14.8. The van der Waals surface area contributed by atoms with Gasteiger partial charge in [0.15, 0.2) is 0 Å². The Morgan fingerprint density at radius 2 is 2.06 bits per heavy atom. The standard InChI is InChI=1S/C14H26ClNO/c1-10-9-16(7-6-12(10)15)13(17)8-11(2)14(3,4)5/h10-12H,6-9H2,1-5H3. The molecular weight excluding hydrogens is 234 g/mol. The summed E-state index contributed by atoms with van der Waals surface area (Å²) in [6.45, 7) is 12.5. The van der Waals surface area contributed by atoms with E-state index in [1.165, 1.54) is 0 Å². The number of nitrogens with zero attached hydrogens (tertiary/aromatic N) is 1. The zero-order chi connectivity index (χ0) is 13.2. The van der Waals surface area contributed by atoms with Crippen LogP contribution in [0.5, 0.6) is 0 Å². The molecule has 3 heteroatoms. The highest BCUT2D eigenvalue weighted by Crippen LogP contribution is 2.29. The highest BCUT2D eigenvalue weighted by atomic mass is 35.5. The molecule has 1 saturated heterocycles. The van der Waals surface area contributed by atoms with E-state index >= 15 is 0 Å². The minimum atomic E-state index is 0.200. The third kappa shape index (κ3) is 4.17. The van der Waals surface area contributed by atoms with Crippen LogP contribution in [0.2, 0.25) is 0 Å². The van der Waals surface area contributed by atoms with Crippen LogP contribution in [0.25, 0.3) is 0 Å². The van der Waals surface area contributed by atoms with Gasteiger partial charge in [-0.05, 0) is 23.7 Å². The van der Waals surface area contributed by atoms with E-state index < -0.39 is 0 Å². The van der Waals surface area contributed by atoms with Crippen LogP contribution < -0.4 is 0 Å². The van der Waals surface area contributed by atoms with Gasteiger partial charge in [-0.3, -0.25) is 4.79 Å². The maximum absolute atomic E-state index is 12.2. The molecule has 1 aliphatic heterocycles. The maximum Gasteiger partial charge on any atom is 0.222 e. The van der Waals surface area contributed by atoms with Gasteiger partial charge in [-0.1, -0.05) is 34.6 Å². The molecule has 3 atom stereocenters. The Balaban J connectivity index is 2.49. The summed E-state index contributed by atoms with van der Waals surface area (Å²) in [5.74, 6) is 1.13. The molecular formula is C14H26ClNO. The first-order valence-electron chi connectivity index (χ1n) is 6.63. The Bertz CT molecular complexity index is 272. The lowest BCUT2D eigenvalue weighted by Gasteiger charge is -2.36. The van der Waals surface area contributed by atoms with E-state index in [2.05, 4.69) is 34.6 Å². The normalized spacial score (nSPS) is 28.0. The van der Waals surface area contributed by atoms with E-state index in [1.807, 2.05) is 4.90 Å². The third-order valence-corrected chi connectivity index (χ3v) is 4.76. The molecule has 1 rings (SSSR count). The number of amides is 1. The molecule has 0 radical (unpaired) electrons.